The lowest BCUT2D eigenvalue weighted by Gasteiger charge is -2.28. The Kier molecular flexibility index (Phi) is 6.61. The second-order valence-electron chi connectivity index (χ2n) is 8.48. The fourth-order valence-corrected chi connectivity index (χ4v) is 4.28. The number of aryl methyl sites for hydroxylation is 2. The van der Waals surface area contributed by atoms with Crippen LogP contribution in [0.5, 0.6) is 0 Å². The number of halogens is 1. The van der Waals surface area contributed by atoms with Crippen LogP contribution in [0.25, 0.3) is 23.1 Å². The summed E-state index contributed by atoms with van der Waals surface area (Å²) in [5, 5.41) is 5.41. The van der Waals surface area contributed by atoms with E-state index < -0.39 is 0 Å². The van der Waals surface area contributed by atoms with Gasteiger partial charge in [0.25, 0.3) is 0 Å². The third-order valence-corrected chi connectivity index (χ3v) is 6.19. The van der Waals surface area contributed by atoms with Crippen molar-refractivity contribution in [3.8, 4) is 0 Å². The van der Waals surface area contributed by atoms with E-state index in [1.165, 1.54) is 11.1 Å². The summed E-state index contributed by atoms with van der Waals surface area (Å²) in [6.07, 6.45) is 7.95. The summed E-state index contributed by atoms with van der Waals surface area (Å²) in [6.45, 7) is 4.22. The van der Waals surface area contributed by atoms with E-state index in [0.29, 0.717) is 10.8 Å². The Morgan fingerprint density at radius 3 is 2.56 bits per heavy atom. The van der Waals surface area contributed by atoms with Crippen molar-refractivity contribution in [2.75, 3.05) is 5.32 Å². The van der Waals surface area contributed by atoms with Crippen LogP contribution in [0, 0.1) is 13.8 Å². The highest BCUT2D eigenvalue weighted by atomic mass is 35.5. The minimum absolute atomic E-state index is 0.146. The van der Waals surface area contributed by atoms with Crippen molar-refractivity contribution in [2.45, 2.75) is 51.6 Å². The molecule has 2 atom stereocenters. The number of aliphatic imine (C=N–C) groups is 1. The van der Waals surface area contributed by atoms with Gasteiger partial charge >= 0.3 is 0 Å². The first-order chi connectivity index (χ1) is 15.4. The van der Waals surface area contributed by atoms with E-state index in [1.54, 1.807) is 0 Å². The van der Waals surface area contributed by atoms with Crippen LogP contribution in [0.1, 0.15) is 48.2 Å². The van der Waals surface area contributed by atoms with Crippen molar-refractivity contribution in [1.29, 1.82) is 0 Å². The molecule has 0 spiro atoms. The Morgan fingerprint density at radius 2 is 1.81 bits per heavy atom. The average molecular weight is 449 g/mol. The molecule has 5 N–H and O–H groups in total. The van der Waals surface area contributed by atoms with Crippen LogP contribution in [0.15, 0.2) is 41.4 Å². The Morgan fingerprint density at radius 1 is 1.06 bits per heavy atom. The first kappa shape index (κ1) is 22.1. The zero-order valence-corrected chi connectivity index (χ0v) is 19.2. The maximum atomic E-state index is 5.99. The van der Waals surface area contributed by atoms with Crippen LogP contribution in [0.4, 0.5) is 5.82 Å². The van der Waals surface area contributed by atoms with Crippen LogP contribution < -0.4 is 16.8 Å². The van der Waals surface area contributed by atoms with Crippen LogP contribution in [-0.4, -0.2) is 28.0 Å². The molecule has 0 saturated heterocycles. The third-order valence-electron chi connectivity index (χ3n) is 5.94. The van der Waals surface area contributed by atoms with Gasteiger partial charge in [0.15, 0.2) is 11.8 Å². The molecule has 2 aromatic carbocycles. The molecule has 1 aromatic heterocycles. The number of hydrogen-bond donors (Lipinski definition) is 3. The molecule has 1 aliphatic carbocycles. The predicted molar refractivity (Wildman–Crippen MR) is 135 cm³/mol. The smallest absolute Gasteiger partial charge is 0.186 e. The zero-order chi connectivity index (χ0) is 22.7. The molecule has 3 aromatic rings. The van der Waals surface area contributed by atoms with E-state index >= 15 is 0 Å². The molecule has 0 unspecified atom stereocenters. The summed E-state index contributed by atoms with van der Waals surface area (Å²) in [7, 11) is 0. The van der Waals surface area contributed by atoms with Gasteiger partial charge in [-0.3, -0.25) is 4.99 Å². The Hall–Kier alpha value is -3.12. The number of nitrogens with one attached hydrogen (secondary N) is 1. The first-order valence-corrected chi connectivity index (χ1v) is 11.3. The van der Waals surface area contributed by atoms with E-state index in [9.17, 15) is 0 Å². The molecule has 0 amide bonds. The lowest BCUT2D eigenvalue weighted by molar-refractivity contribution is 0.410. The topological polar surface area (TPSA) is 102 Å². The van der Waals surface area contributed by atoms with E-state index in [0.717, 1.165) is 48.0 Å². The Bertz CT molecular complexity index is 1170. The second-order valence-corrected chi connectivity index (χ2v) is 8.92. The molecule has 6 nitrogen and oxygen atoms in total. The van der Waals surface area contributed by atoms with Crippen molar-refractivity contribution >= 4 is 46.4 Å². The van der Waals surface area contributed by atoms with Crippen LogP contribution in [0.2, 0.25) is 5.02 Å². The molecule has 1 saturated carbocycles. The second kappa shape index (κ2) is 9.57. The summed E-state index contributed by atoms with van der Waals surface area (Å²) in [5.74, 6) is 1.67. The number of aromatic nitrogens is 2. The summed E-state index contributed by atoms with van der Waals surface area (Å²) in [4.78, 5) is 14.0. The Labute approximate surface area is 193 Å². The average Bonchev–Trinajstić information content (AvgIpc) is 2.74. The van der Waals surface area contributed by atoms with Gasteiger partial charge in [-0.2, -0.15) is 0 Å². The first-order valence-electron chi connectivity index (χ1n) is 11.0. The largest absolute Gasteiger partial charge is 0.370 e. The fraction of sp³-hybridized carbons (Fsp3) is 0.320. The molecule has 7 heteroatoms. The normalized spacial score (nSPS) is 18.7. The standard InChI is InChI=1S/C25H29ClN6/c1-15-12-21-22(13-16(15)2)31-23(11-8-17-6-9-18(26)10-7-17)32-24(21)29-19-4-3-5-20(14-19)30-25(27)28/h6-13,19-20H,3-5,14H2,1-2H3,(H4,27,28,30)(H,29,31,32)/t19-,20+/m0/s1. The lowest BCUT2D eigenvalue weighted by Crippen LogP contribution is -2.33. The monoisotopic (exact) mass is 448 g/mol. The number of guanidine groups is 1. The number of nitrogens with zero attached hydrogens (tertiary/aromatic N) is 3. The van der Waals surface area contributed by atoms with Crippen LogP contribution in [-0.2, 0) is 0 Å². The van der Waals surface area contributed by atoms with E-state index in [1.807, 2.05) is 36.4 Å². The Balaban J connectivity index is 1.67. The molecule has 0 aliphatic heterocycles. The molecule has 1 aliphatic rings. The SMILES string of the molecule is Cc1cc2nc(C=Cc3ccc(Cl)cc3)nc(N[C@H]3CCC[C@@H](N=C(N)N)C3)c2cc1C. The van der Waals surface area contributed by atoms with Crippen molar-refractivity contribution in [2.24, 2.45) is 16.5 Å². The van der Waals surface area contributed by atoms with Gasteiger partial charge in [-0.15, -0.1) is 0 Å². The van der Waals surface area contributed by atoms with Gasteiger partial charge < -0.3 is 16.8 Å². The highest BCUT2D eigenvalue weighted by Gasteiger charge is 2.23. The van der Waals surface area contributed by atoms with Gasteiger partial charge in [-0.25, -0.2) is 9.97 Å². The predicted octanol–water partition coefficient (Wildman–Crippen LogP) is 5.07. The van der Waals surface area contributed by atoms with Crippen molar-refractivity contribution in [1.82, 2.24) is 9.97 Å². The summed E-state index contributed by atoms with van der Waals surface area (Å²) < 4.78 is 0. The third kappa shape index (κ3) is 5.37. The van der Waals surface area contributed by atoms with Gasteiger partial charge in [0, 0.05) is 16.5 Å². The zero-order valence-electron chi connectivity index (χ0n) is 18.5. The molecule has 4 rings (SSSR count). The van der Waals surface area contributed by atoms with Crippen molar-refractivity contribution in [3.05, 3.63) is 63.9 Å². The number of hydrogen-bond acceptors (Lipinski definition) is 4. The van der Waals surface area contributed by atoms with E-state index in [-0.39, 0.29) is 18.0 Å². The summed E-state index contributed by atoms with van der Waals surface area (Å²) in [5.41, 5.74) is 15.6. The van der Waals surface area contributed by atoms with E-state index in [4.69, 9.17) is 33.0 Å². The van der Waals surface area contributed by atoms with Gasteiger partial charge in [0.2, 0.25) is 0 Å². The number of fused-ring (bicyclic) bond motifs is 1. The number of anilines is 1. The quantitative estimate of drug-likeness (QED) is 0.373. The fourth-order valence-electron chi connectivity index (χ4n) is 4.15. The number of nitrogens with two attached hydrogens (primary N) is 2. The molecule has 0 bridgehead atoms. The van der Waals surface area contributed by atoms with Crippen molar-refractivity contribution < 1.29 is 0 Å². The van der Waals surface area contributed by atoms with Crippen LogP contribution in [0.3, 0.4) is 0 Å². The highest BCUT2D eigenvalue weighted by Crippen LogP contribution is 2.29. The van der Waals surface area contributed by atoms with E-state index in [2.05, 4.69) is 36.3 Å². The number of benzene rings is 2. The van der Waals surface area contributed by atoms with Gasteiger partial charge in [-0.05, 0) is 86.6 Å². The molecular formula is C25H29ClN6. The van der Waals surface area contributed by atoms with Crippen molar-refractivity contribution in [3.63, 3.8) is 0 Å². The molecule has 166 valence electrons. The lowest BCUT2D eigenvalue weighted by atomic mass is 9.91. The maximum Gasteiger partial charge on any atom is 0.186 e. The number of rotatable bonds is 5. The van der Waals surface area contributed by atoms with Gasteiger partial charge in [0.05, 0.1) is 11.6 Å². The molecule has 32 heavy (non-hydrogen) atoms. The maximum absolute atomic E-state index is 5.99. The minimum Gasteiger partial charge on any atom is -0.370 e. The minimum atomic E-state index is 0.146. The molecular weight excluding hydrogens is 420 g/mol. The molecule has 1 fully saturated rings. The highest BCUT2D eigenvalue weighted by molar-refractivity contribution is 6.30. The van der Waals surface area contributed by atoms with Crippen LogP contribution >= 0.6 is 11.6 Å². The molecule has 0 radical (unpaired) electrons. The van der Waals surface area contributed by atoms with Gasteiger partial charge in [-0.1, -0.05) is 29.8 Å². The summed E-state index contributed by atoms with van der Waals surface area (Å²) >= 11 is 5.99. The molecule has 1 heterocycles. The van der Waals surface area contributed by atoms with Gasteiger partial charge in [0.1, 0.15) is 5.82 Å². The summed E-state index contributed by atoms with van der Waals surface area (Å²) in [6, 6.07) is 12.4.